The Labute approximate surface area is 103 Å². The Morgan fingerprint density at radius 1 is 1.28 bits per heavy atom. The van der Waals surface area contributed by atoms with Crippen molar-refractivity contribution in [1.29, 1.82) is 0 Å². The number of hydrogen-bond donors (Lipinski definition) is 1. The first-order valence-electron chi connectivity index (χ1n) is 5.27. The van der Waals surface area contributed by atoms with Crippen molar-refractivity contribution >= 4 is 11.9 Å². The van der Waals surface area contributed by atoms with E-state index in [4.69, 9.17) is 0 Å². The van der Waals surface area contributed by atoms with Crippen molar-refractivity contribution in [3.05, 3.63) is 42.0 Å². The van der Waals surface area contributed by atoms with E-state index in [1.54, 1.807) is 30.3 Å². The molecule has 5 heteroatoms. The lowest BCUT2D eigenvalue weighted by Gasteiger charge is -2.26. The summed E-state index contributed by atoms with van der Waals surface area (Å²) in [6.07, 6.45) is -4.11. The number of benzene rings is 1. The monoisotopic (exact) mass is 258 g/mol. The van der Waals surface area contributed by atoms with Crippen molar-refractivity contribution in [3.63, 3.8) is 0 Å². The molecule has 1 aromatic rings. The van der Waals surface area contributed by atoms with Gasteiger partial charge >= 0.3 is 6.18 Å². The Bertz CT molecular complexity index is 437. The van der Waals surface area contributed by atoms with Crippen LogP contribution in [-0.2, 0) is 4.79 Å². The number of alkyl halides is 3. The molecule has 0 saturated heterocycles. The van der Waals surface area contributed by atoms with Gasteiger partial charge in [-0.2, -0.15) is 13.2 Å². The molecule has 1 rings (SSSR count). The number of rotatable bonds is 4. The fourth-order valence-corrected chi connectivity index (χ4v) is 1.43. The van der Waals surface area contributed by atoms with E-state index in [9.17, 15) is 23.1 Å². The van der Waals surface area contributed by atoms with Gasteiger partial charge in [0, 0.05) is 6.42 Å². The molecule has 2 nitrogen and oxygen atoms in total. The molecule has 0 radical (unpaired) electrons. The molecule has 98 valence electrons. The summed E-state index contributed by atoms with van der Waals surface area (Å²) in [5.74, 6) is -0.729. The first-order valence-corrected chi connectivity index (χ1v) is 5.27. The second kappa shape index (κ2) is 5.35. The molecule has 0 spiro atoms. The Morgan fingerprint density at radius 3 is 2.28 bits per heavy atom. The Hall–Kier alpha value is -1.62. The molecule has 1 aromatic carbocycles. The number of hydrogen-bond acceptors (Lipinski definition) is 2. The highest BCUT2D eigenvalue weighted by Gasteiger charge is 2.52. The summed E-state index contributed by atoms with van der Waals surface area (Å²) in [6.45, 7) is 1.01. The van der Waals surface area contributed by atoms with Crippen LogP contribution in [0.25, 0.3) is 6.08 Å². The van der Waals surface area contributed by atoms with Gasteiger partial charge in [-0.3, -0.25) is 4.79 Å². The van der Waals surface area contributed by atoms with Gasteiger partial charge in [0.15, 0.2) is 5.60 Å². The maximum absolute atomic E-state index is 12.7. The number of carbonyl (C=O) groups is 1. The SMILES string of the molecule is CC(=O)C[C@](O)(/C=C/c1ccccc1)C(F)(F)F. The summed E-state index contributed by atoms with van der Waals surface area (Å²) in [5, 5.41) is 9.55. The number of ketones is 1. The van der Waals surface area contributed by atoms with Gasteiger partial charge in [-0.15, -0.1) is 0 Å². The molecule has 0 unspecified atom stereocenters. The van der Waals surface area contributed by atoms with Gasteiger partial charge in [-0.25, -0.2) is 0 Å². The van der Waals surface area contributed by atoms with Crippen LogP contribution in [0, 0.1) is 0 Å². The van der Waals surface area contributed by atoms with E-state index in [0.717, 1.165) is 13.0 Å². The molecular weight excluding hydrogens is 245 g/mol. The zero-order chi connectivity index (χ0) is 13.8. The van der Waals surface area contributed by atoms with Crippen molar-refractivity contribution < 1.29 is 23.1 Å². The number of Topliss-reactive ketones (excluding diaryl/α,β-unsaturated/α-hetero) is 1. The fraction of sp³-hybridized carbons (Fsp3) is 0.308. The molecule has 0 amide bonds. The van der Waals surface area contributed by atoms with Crippen LogP contribution >= 0.6 is 0 Å². The van der Waals surface area contributed by atoms with E-state index in [0.29, 0.717) is 11.6 Å². The van der Waals surface area contributed by atoms with E-state index in [1.165, 1.54) is 0 Å². The summed E-state index contributed by atoms with van der Waals surface area (Å²) < 4.78 is 38.1. The molecule has 1 N–H and O–H groups in total. The van der Waals surface area contributed by atoms with Crippen LogP contribution < -0.4 is 0 Å². The predicted octanol–water partition coefficient (Wildman–Crippen LogP) is 2.97. The molecule has 0 aliphatic heterocycles. The van der Waals surface area contributed by atoms with Crippen molar-refractivity contribution in [3.8, 4) is 0 Å². The van der Waals surface area contributed by atoms with Gasteiger partial charge < -0.3 is 5.11 Å². The maximum atomic E-state index is 12.7. The average Bonchev–Trinajstić information content (AvgIpc) is 2.25. The normalized spacial score (nSPS) is 15.6. The minimum Gasteiger partial charge on any atom is -0.376 e. The smallest absolute Gasteiger partial charge is 0.376 e. The Balaban J connectivity index is 2.99. The highest BCUT2D eigenvalue weighted by Crippen LogP contribution is 2.35. The van der Waals surface area contributed by atoms with Gasteiger partial charge in [-0.05, 0) is 18.6 Å². The molecule has 1 atom stereocenters. The molecular formula is C13H13F3O2. The highest BCUT2D eigenvalue weighted by atomic mass is 19.4. The number of carbonyl (C=O) groups excluding carboxylic acids is 1. The lowest BCUT2D eigenvalue weighted by molar-refractivity contribution is -0.240. The topological polar surface area (TPSA) is 37.3 Å². The maximum Gasteiger partial charge on any atom is 0.421 e. The zero-order valence-electron chi connectivity index (χ0n) is 9.74. The van der Waals surface area contributed by atoms with Crippen molar-refractivity contribution in [2.24, 2.45) is 0 Å². The lowest BCUT2D eigenvalue weighted by Crippen LogP contribution is -2.44. The standard InChI is InChI=1S/C13H13F3O2/c1-10(17)9-12(18,13(14,15)16)8-7-11-5-3-2-4-6-11/h2-8,18H,9H2,1H3/b8-7+/t12-/m1/s1. The van der Waals surface area contributed by atoms with Crippen molar-refractivity contribution in [2.75, 3.05) is 0 Å². The van der Waals surface area contributed by atoms with Gasteiger partial charge in [0.2, 0.25) is 0 Å². The molecule has 0 heterocycles. The van der Waals surface area contributed by atoms with Crippen LogP contribution in [0.5, 0.6) is 0 Å². The van der Waals surface area contributed by atoms with Crippen LogP contribution in [0.4, 0.5) is 13.2 Å². The number of aliphatic hydroxyl groups is 1. The van der Waals surface area contributed by atoms with Gasteiger partial charge in [0.25, 0.3) is 0 Å². The quantitative estimate of drug-likeness (QED) is 0.901. The van der Waals surface area contributed by atoms with E-state index in [2.05, 4.69) is 0 Å². The third-order valence-electron chi connectivity index (χ3n) is 2.36. The molecule has 18 heavy (non-hydrogen) atoms. The largest absolute Gasteiger partial charge is 0.421 e. The molecule has 0 saturated carbocycles. The van der Waals surface area contributed by atoms with E-state index in [1.807, 2.05) is 0 Å². The van der Waals surface area contributed by atoms with E-state index >= 15 is 0 Å². The average molecular weight is 258 g/mol. The first-order chi connectivity index (χ1) is 8.24. The van der Waals surface area contributed by atoms with Gasteiger partial charge in [0.1, 0.15) is 5.78 Å². The summed E-state index contributed by atoms with van der Waals surface area (Å²) >= 11 is 0. The molecule has 0 aliphatic rings. The Kier molecular flexibility index (Phi) is 4.29. The van der Waals surface area contributed by atoms with Crippen LogP contribution in [0.1, 0.15) is 18.9 Å². The molecule has 0 bridgehead atoms. The molecule has 0 aliphatic carbocycles. The number of halogens is 3. The predicted molar refractivity (Wildman–Crippen MR) is 61.8 cm³/mol. The second-order valence-corrected chi connectivity index (χ2v) is 4.04. The minimum absolute atomic E-state index is 0.517. The fourth-order valence-electron chi connectivity index (χ4n) is 1.43. The van der Waals surface area contributed by atoms with Crippen LogP contribution in [0.3, 0.4) is 0 Å². The van der Waals surface area contributed by atoms with Gasteiger partial charge in [-0.1, -0.05) is 36.4 Å². The summed E-state index contributed by atoms with van der Waals surface area (Å²) in [5.41, 5.74) is -2.60. The Morgan fingerprint density at radius 2 is 1.83 bits per heavy atom. The minimum atomic E-state index is -4.88. The summed E-state index contributed by atoms with van der Waals surface area (Å²) in [7, 11) is 0. The molecule has 0 aromatic heterocycles. The molecule has 0 fully saturated rings. The van der Waals surface area contributed by atoms with Crippen LogP contribution in [0.2, 0.25) is 0 Å². The second-order valence-electron chi connectivity index (χ2n) is 4.04. The summed E-state index contributed by atoms with van der Waals surface area (Å²) in [6, 6.07) is 8.25. The third-order valence-corrected chi connectivity index (χ3v) is 2.36. The van der Waals surface area contributed by atoms with Crippen molar-refractivity contribution in [1.82, 2.24) is 0 Å². The van der Waals surface area contributed by atoms with Crippen LogP contribution in [-0.4, -0.2) is 22.7 Å². The van der Waals surface area contributed by atoms with E-state index in [-0.39, 0.29) is 0 Å². The van der Waals surface area contributed by atoms with Crippen molar-refractivity contribution in [2.45, 2.75) is 25.1 Å². The summed E-state index contributed by atoms with van der Waals surface area (Å²) in [4.78, 5) is 10.8. The highest BCUT2D eigenvalue weighted by molar-refractivity contribution is 5.77. The zero-order valence-corrected chi connectivity index (χ0v) is 9.74. The van der Waals surface area contributed by atoms with Gasteiger partial charge in [0.05, 0.1) is 0 Å². The third kappa shape index (κ3) is 3.70. The van der Waals surface area contributed by atoms with E-state index < -0.39 is 24.0 Å². The lowest BCUT2D eigenvalue weighted by atomic mass is 9.95. The first kappa shape index (κ1) is 14.4. The van der Waals surface area contributed by atoms with Crippen LogP contribution in [0.15, 0.2) is 36.4 Å².